The highest BCUT2D eigenvalue weighted by molar-refractivity contribution is 7.90. The third kappa shape index (κ3) is 8.24. The lowest BCUT2D eigenvalue weighted by atomic mass is 10.2. The van der Waals surface area contributed by atoms with E-state index in [0.717, 1.165) is 20.8 Å². The van der Waals surface area contributed by atoms with Crippen molar-refractivity contribution in [1.29, 1.82) is 0 Å². The predicted molar refractivity (Wildman–Crippen MR) is 165 cm³/mol. The zero-order valence-corrected chi connectivity index (χ0v) is 24.8. The maximum absolute atomic E-state index is 13.4. The molecule has 0 fully saturated rings. The quantitative estimate of drug-likeness (QED) is 0.150. The number of thiophene rings is 1. The number of nitrogens with one attached hydrogen (secondary N) is 2. The molecule has 0 bridgehead atoms. The van der Waals surface area contributed by atoms with Crippen LogP contribution in [0, 0.1) is 17.7 Å². The van der Waals surface area contributed by atoms with E-state index in [-0.39, 0.29) is 18.2 Å². The average Bonchev–Trinajstić information content (AvgIpc) is 3.38. The molecule has 0 spiro atoms. The lowest BCUT2D eigenvalue weighted by Gasteiger charge is -2.11. The number of benzene rings is 2. The van der Waals surface area contributed by atoms with Gasteiger partial charge in [-0.25, -0.2) is 27.8 Å². The Labute approximate surface area is 251 Å². The molecule has 0 unspecified atom stereocenters. The van der Waals surface area contributed by atoms with Crippen LogP contribution in [0.2, 0.25) is 5.02 Å². The molecular formula is C30H25ClFN5O3S2. The third-order valence-corrected chi connectivity index (χ3v) is 8.08. The number of ether oxygens (including phenoxy) is 1. The molecule has 0 saturated carbocycles. The second-order valence-corrected chi connectivity index (χ2v) is 13.0. The minimum Gasteiger partial charge on any atom is -0.487 e. The van der Waals surface area contributed by atoms with Crippen LogP contribution in [0.25, 0.3) is 10.2 Å². The van der Waals surface area contributed by atoms with E-state index in [9.17, 15) is 12.8 Å². The van der Waals surface area contributed by atoms with E-state index in [1.54, 1.807) is 24.3 Å². The highest BCUT2D eigenvalue weighted by Gasteiger charge is 2.10. The van der Waals surface area contributed by atoms with Crippen molar-refractivity contribution in [1.82, 2.24) is 20.3 Å². The van der Waals surface area contributed by atoms with Crippen molar-refractivity contribution in [3.63, 3.8) is 0 Å². The normalized spacial score (nSPS) is 11.2. The van der Waals surface area contributed by atoms with E-state index in [1.807, 2.05) is 30.3 Å². The van der Waals surface area contributed by atoms with Crippen molar-refractivity contribution in [2.75, 3.05) is 23.9 Å². The summed E-state index contributed by atoms with van der Waals surface area (Å²) in [6, 6.07) is 19.0. The van der Waals surface area contributed by atoms with E-state index in [1.165, 1.54) is 36.1 Å². The molecule has 12 heteroatoms. The monoisotopic (exact) mass is 621 g/mol. The highest BCUT2D eigenvalue weighted by Crippen LogP contribution is 2.33. The zero-order valence-electron chi connectivity index (χ0n) is 22.4. The Kier molecular flexibility index (Phi) is 9.29. The highest BCUT2D eigenvalue weighted by atomic mass is 35.5. The van der Waals surface area contributed by atoms with Gasteiger partial charge in [-0.1, -0.05) is 29.8 Å². The molecular weight excluding hydrogens is 597 g/mol. The number of hydrogen-bond donors (Lipinski definition) is 2. The number of halogens is 2. The molecule has 2 N–H and O–H groups in total. The van der Waals surface area contributed by atoms with Crippen LogP contribution in [0.15, 0.2) is 73.1 Å². The molecule has 3 heterocycles. The summed E-state index contributed by atoms with van der Waals surface area (Å²) in [5, 5.41) is 7.59. The molecule has 5 aromatic rings. The van der Waals surface area contributed by atoms with E-state index >= 15 is 0 Å². The number of aromatic nitrogens is 3. The van der Waals surface area contributed by atoms with Crippen molar-refractivity contribution >= 4 is 54.5 Å². The van der Waals surface area contributed by atoms with E-state index in [4.69, 9.17) is 16.3 Å². The fourth-order valence-electron chi connectivity index (χ4n) is 3.88. The Morgan fingerprint density at radius 2 is 1.90 bits per heavy atom. The molecule has 0 aliphatic carbocycles. The van der Waals surface area contributed by atoms with Crippen molar-refractivity contribution in [2.45, 2.75) is 13.2 Å². The van der Waals surface area contributed by atoms with Crippen molar-refractivity contribution in [2.24, 2.45) is 0 Å². The fourth-order valence-corrected chi connectivity index (χ4v) is 5.49. The molecule has 0 saturated heterocycles. The molecule has 0 aliphatic heterocycles. The summed E-state index contributed by atoms with van der Waals surface area (Å²) in [6.45, 7) is 0.997. The molecule has 0 amide bonds. The van der Waals surface area contributed by atoms with Gasteiger partial charge in [0.05, 0.1) is 26.7 Å². The van der Waals surface area contributed by atoms with Crippen LogP contribution in [0.1, 0.15) is 21.8 Å². The largest absolute Gasteiger partial charge is 0.487 e. The second-order valence-electron chi connectivity index (χ2n) is 9.31. The number of sulfone groups is 1. The number of nitrogens with zero attached hydrogens (tertiary/aromatic N) is 3. The molecule has 0 atom stereocenters. The maximum atomic E-state index is 13.4. The summed E-state index contributed by atoms with van der Waals surface area (Å²) in [7, 11) is -3.01. The Bertz CT molecular complexity index is 1900. The van der Waals surface area contributed by atoms with Gasteiger partial charge in [0.1, 0.15) is 50.7 Å². The van der Waals surface area contributed by atoms with Crippen molar-refractivity contribution in [3.8, 4) is 17.6 Å². The smallest absolute Gasteiger partial charge is 0.148 e. The number of rotatable bonds is 10. The van der Waals surface area contributed by atoms with E-state index in [2.05, 4.69) is 37.4 Å². The molecule has 3 aromatic heterocycles. The number of anilines is 2. The standard InChI is InChI=1S/C30H25ClFN5O3S2/c1-42(38,39)13-12-33-17-24-7-3-6-22(36-24)8-10-25-16-26-29(34-19-35-30(26)41-25)37-23-9-11-28(27(31)15-23)40-18-20-4-2-5-21(32)14-20/h2-7,9,11,14-16,19,33H,12-13,17-18H2,1H3,(H,34,35,37). The Hall–Kier alpha value is -4.08. The molecule has 2 aromatic carbocycles. The van der Waals surface area contributed by atoms with E-state index < -0.39 is 9.84 Å². The van der Waals surface area contributed by atoms with Crippen LogP contribution in [0.4, 0.5) is 15.9 Å². The first kappa shape index (κ1) is 29.4. The Balaban J connectivity index is 1.25. The molecule has 214 valence electrons. The van der Waals surface area contributed by atoms with Crippen LogP contribution in [0.5, 0.6) is 5.75 Å². The van der Waals surface area contributed by atoms with Gasteiger partial charge in [0, 0.05) is 25.0 Å². The first-order valence-electron chi connectivity index (χ1n) is 12.8. The summed E-state index contributed by atoms with van der Waals surface area (Å²) in [6.07, 6.45) is 2.70. The minimum absolute atomic E-state index is 0.0724. The second kappa shape index (κ2) is 13.3. The summed E-state index contributed by atoms with van der Waals surface area (Å²) in [5.41, 5.74) is 2.79. The Morgan fingerprint density at radius 1 is 1.05 bits per heavy atom. The van der Waals surface area contributed by atoms with Crippen LogP contribution in [0.3, 0.4) is 0 Å². The summed E-state index contributed by atoms with van der Waals surface area (Å²) < 4.78 is 41.8. The first-order valence-corrected chi connectivity index (χ1v) is 16.0. The number of hydrogen-bond acceptors (Lipinski definition) is 9. The van der Waals surface area contributed by atoms with Crippen molar-refractivity contribution in [3.05, 3.63) is 106 Å². The molecule has 0 radical (unpaired) electrons. The van der Waals surface area contributed by atoms with Gasteiger partial charge in [-0.15, -0.1) is 11.3 Å². The van der Waals surface area contributed by atoms with Gasteiger partial charge in [0.2, 0.25) is 0 Å². The number of pyridine rings is 1. The topological polar surface area (TPSA) is 106 Å². The van der Waals surface area contributed by atoms with Gasteiger partial charge in [0.25, 0.3) is 0 Å². The molecule has 5 rings (SSSR count). The predicted octanol–water partition coefficient (Wildman–Crippen LogP) is 5.74. The van der Waals surface area contributed by atoms with Crippen LogP contribution in [-0.2, 0) is 23.0 Å². The Morgan fingerprint density at radius 3 is 2.71 bits per heavy atom. The van der Waals surface area contributed by atoms with Gasteiger partial charge < -0.3 is 15.4 Å². The molecule has 0 aliphatic rings. The zero-order chi connectivity index (χ0) is 29.5. The van der Waals surface area contributed by atoms with Gasteiger partial charge in [0.15, 0.2) is 0 Å². The van der Waals surface area contributed by atoms with Gasteiger partial charge in [-0.3, -0.25) is 0 Å². The third-order valence-electron chi connectivity index (χ3n) is 5.88. The summed E-state index contributed by atoms with van der Waals surface area (Å²) in [5.74, 6) is 7.08. The SMILES string of the molecule is CS(=O)(=O)CCNCc1cccc(C#Cc2cc3c(Nc4ccc(OCc5cccc(F)c5)c(Cl)c4)ncnc3s2)n1. The van der Waals surface area contributed by atoms with E-state index in [0.29, 0.717) is 46.6 Å². The lowest BCUT2D eigenvalue weighted by molar-refractivity contribution is 0.306. The summed E-state index contributed by atoms with van der Waals surface area (Å²) >= 11 is 7.90. The maximum Gasteiger partial charge on any atom is 0.148 e. The first-order chi connectivity index (χ1) is 20.2. The van der Waals surface area contributed by atoms with Gasteiger partial charge in [-0.2, -0.15) is 0 Å². The van der Waals surface area contributed by atoms with Crippen LogP contribution in [-0.4, -0.2) is 41.9 Å². The lowest BCUT2D eigenvalue weighted by Crippen LogP contribution is -2.22. The average molecular weight is 622 g/mol. The van der Waals surface area contributed by atoms with Gasteiger partial charge in [-0.05, 0) is 65.9 Å². The minimum atomic E-state index is -3.01. The van der Waals surface area contributed by atoms with Crippen LogP contribution >= 0.6 is 22.9 Å². The summed E-state index contributed by atoms with van der Waals surface area (Å²) in [4.78, 5) is 14.9. The van der Waals surface area contributed by atoms with Gasteiger partial charge >= 0.3 is 0 Å². The number of fused-ring (bicyclic) bond motifs is 1. The fraction of sp³-hybridized carbons (Fsp3) is 0.167. The van der Waals surface area contributed by atoms with Crippen LogP contribution < -0.4 is 15.4 Å². The molecule has 42 heavy (non-hydrogen) atoms. The van der Waals surface area contributed by atoms with Crippen molar-refractivity contribution < 1.29 is 17.5 Å². The molecule has 8 nitrogen and oxygen atoms in total.